The Morgan fingerprint density at radius 1 is 1.29 bits per heavy atom. The van der Waals surface area contributed by atoms with Gasteiger partial charge in [-0.25, -0.2) is 14.0 Å². The molecule has 2 N–H and O–H groups in total. The fourth-order valence-corrected chi connectivity index (χ4v) is 1.32. The molecule has 0 radical (unpaired) electrons. The van der Waals surface area contributed by atoms with Gasteiger partial charge in [0, 0.05) is 0 Å². The molecule has 0 aromatic carbocycles. The topological polar surface area (TPSA) is 113 Å². The van der Waals surface area contributed by atoms with Gasteiger partial charge in [0.2, 0.25) is 0 Å². The quantitative estimate of drug-likeness (QED) is 0.566. The first-order valence-corrected chi connectivity index (χ1v) is 6.17. The number of esters is 1. The number of nitrogens with zero attached hydrogens (tertiary/aromatic N) is 1. The number of carbonyl (C=O) groups is 2. The Morgan fingerprint density at radius 2 is 1.76 bits per heavy atom. The van der Waals surface area contributed by atoms with Crippen LogP contribution < -0.4 is 0 Å². The lowest BCUT2D eigenvalue weighted by molar-refractivity contribution is -0.141. The van der Waals surface area contributed by atoms with Crippen LogP contribution in [0, 0.1) is 0 Å². The van der Waals surface area contributed by atoms with Gasteiger partial charge in [0.25, 0.3) is 0 Å². The fraction of sp³-hybridized carbons (Fsp3) is 0.750. The molecule has 0 aromatic rings. The molecular formula is C8H16NO7P. The van der Waals surface area contributed by atoms with Crippen LogP contribution in [0.3, 0.4) is 0 Å². The molecule has 0 aliphatic carbocycles. The van der Waals surface area contributed by atoms with Crippen molar-refractivity contribution in [3.05, 3.63) is 0 Å². The molecule has 9 heteroatoms. The summed E-state index contributed by atoms with van der Waals surface area (Å²) in [5, 5.41) is 0. The maximum absolute atomic E-state index is 11.5. The lowest BCUT2D eigenvalue weighted by Gasteiger charge is -2.26. The number of hydrogen-bond donors (Lipinski definition) is 2. The molecule has 17 heavy (non-hydrogen) atoms. The molecule has 0 saturated heterocycles. The van der Waals surface area contributed by atoms with Crippen LogP contribution in [0.5, 0.6) is 0 Å². The number of ether oxygens (including phenoxy) is 2. The first kappa shape index (κ1) is 15.9. The van der Waals surface area contributed by atoms with Crippen molar-refractivity contribution in [2.75, 3.05) is 13.7 Å². The predicted molar refractivity (Wildman–Crippen MR) is 57.0 cm³/mol. The van der Waals surface area contributed by atoms with Crippen molar-refractivity contribution in [3.63, 3.8) is 0 Å². The summed E-state index contributed by atoms with van der Waals surface area (Å²) in [6.45, 7) is 3.71. The summed E-state index contributed by atoms with van der Waals surface area (Å²) in [6.07, 6.45) is -1.28. The summed E-state index contributed by atoms with van der Waals surface area (Å²) in [5.74, 6) is -0.959. The molecule has 0 saturated carbocycles. The monoisotopic (exact) mass is 269 g/mol. The lowest BCUT2D eigenvalue weighted by atomic mass is 10.2. The van der Waals surface area contributed by atoms with Crippen LogP contribution in [0.4, 0.5) is 4.79 Å². The first-order chi connectivity index (χ1) is 7.47. The summed E-state index contributed by atoms with van der Waals surface area (Å²) in [4.78, 5) is 40.2. The zero-order chi connectivity index (χ0) is 13.9. The largest absolute Gasteiger partial charge is 0.468 e. The lowest BCUT2D eigenvalue weighted by Crippen LogP contribution is -2.38. The summed E-state index contributed by atoms with van der Waals surface area (Å²) in [7, 11) is -3.89. The van der Waals surface area contributed by atoms with Crippen molar-refractivity contribution in [3.8, 4) is 0 Å². The van der Waals surface area contributed by atoms with Gasteiger partial charge in [-0.05, 0) is 20.8 Å². The summed E-state index contributed by atoms with van der Waals surface area (Å²) >= 11 is 0. The minimum atomic E-state index is -4.93. The number of carbonyl (C=O) groups excluding carboxylic acids is 2. The minimum Gasteiger partial charge on any atom is -0.468 e. The summed E-state index contributed by atoms with van der Waals surface area (Å²) in [6, 6.07) is 0. The molecule has 0 atom stereocenters. The summed E-state index contributed by atoms with van der Waals surface area (Å²) in [5.41, 5.74) is -0.930. The van der Waals surface area contributed by atoms with Gasteiger partial charge in [-0.15, -0.1) is 0 Å². The molecule has 0 aliphatic rings. The van der Waals surface area contributed by atoms with E-state index < -0.39 is 32.0 Å². The maximum Gasteiger partial charge on any atom is 0.435 e. The van der Waals surface area contributed by atoms with E-state index in [-0.39, 0.29) is 4.67 Å². The van der Waals surface area contributed by atoms with E-state index in [4.69, 9.17) is 14.5 Å². The molecule has 100 valence electrons. The first-order valence-electron chi connectivity index (χ1n) is 4.60. The Balaban J connectivity index is 4.89. The molecule has 0 bridgehead atoms. The third-order valence-electron chi connectivity index (χ3n) is 1.43. The highest BCUT2D eigenvalue weighted by Crippen LogP contribution is 2.40. The van der Waals surface area contributed by atoms with E-state index in [1.54, 1.807) is 0 Å². The Hall–Kier alpha value is -1.11. The van der Waals surface area contributed by atoms with Crippen molar-refractivity contribution < 1.29 is 33.4 Å². The van der Waals surface area contributed by atoms with Gasteiger partial charge in [0.15, 0.2) is 0 Å². The third-order valence-corrected chi connectivity index (χ3v) is 2.36. The zero-order valence-electron chi connectivity index (χ0n) is 10.0. The minimum absolute atomic E-state index is 0.0179. The standard InChI is InChI=1S/C8H16NO7P/c1-8(2,3)16-7(11)9(17(12,13)14)5-6(10)15-4/h5H2,1-4H3,(H2,12,13,14). The molecule has 1 amide bonds. The van der Waals surface area contributed by atoms with E-state index >= 15 is 0 Å². The second-order valence-electron chi connectivity index (χ2n) is 4.13. The van der Waals surface area contributed by atoms with Crippen LogP contribution in [-0.4, -0.2) is 45.8 Å². The van der Waals surface area contributed by atoms with E-state index in [2.05, 4.69) is 4.74 Å². The Kier molecular flexibility index (Phi) is 5.12. The van der Waals surface area contributed by atoms with Crippen molar-refractivity contribution >= 4 is 19.8 Å². The Bertz CT molecular complexity index is 342. The van der Waals surface area contributed by atoms with Gasteiger partial charge in [-0.2, -0.15) is 0 Å². The average Bonchev–Trinajstić information content (AvgIpc) is 2.08. The second-order valence-corrected chi connectivity index (χ2v) is 5.64. The van der Waals surface area contributed by atoms with Gasteiger partial charge in [-0.1, -0.05) is 0 Å². The highest BCUT2D eigenvalue weighted by molar-refractivity contribution is 7.49. The second kappa shape index (κ2) is 5.48. The zero-order valence-corrected chi connectivity index (χ0v) is 10.9. The molecule has 8 nitrogen and oxygen atoms in total. The SMILES string of the molecule is COC(=O)CN(C(=O)OC(C)(C)C)P(=O)(O)O. The number of amides is 1. The third kappa shape index (κ3) is 6.25. The molecule has 0 aliphatic heterocycles. The highest BCUT2D eigenvalue weighted by Gasteiger charge is 2.36. The van der Waals surface area contributed by atoms with Crippen molar-refractivity contribution in [2.45, 2.75) is 26.4 Å². The van der Waals surface area contributed by atoms with Gasteiger partial charge < -0.3 is 19.3 Å². The van der Waals surface area contributed by atoms with E-state index in [1.165, 1.54) is 20.8 Å². The number of methoxy groups -OCH3 is 1. The van der Waals surface area contributed by atoms with Crippen LogP contribution in [-0.2, 0) is 18.8 Å². The van der Waals surface area contributed by atoms with E-state index in [0.717, 1.165) is 7.11 Å². The molecule has 0 spiro atoms. The smallest absolute Gasteiger partial charge is 0.435 e. The summed E-state index contributed by atoms with van der Waals surface area (Å²) < 4.78 is 20.0. The average molecular weight is 269 g/mol. The normalized spacial score (nSPS) is 11.9. The molecular weight excluding hydrogens is 253 g/mol. The molecule has 0 unspecified atom stereocenters. The van der Waals surface area contributed by atoms with Gasteiger partial charge in [0.05, 0.1) is 7.11 Å². The van der Waals surface area contributed by atoms with Gasteiger partial charge in [0.1, 0.15) is 12.1 Å². The molecule has 0 aromatic heterocycles. The van der Waals surface area contributed by atoms with E-state index in [1.807, 2.05) is 0 Å². The molecule has 0 fully saturated rings. The number of rotatable bonds is 3. The van der Waals surface area contributed by atoms with Crippen molar-refractivity contribution in [2.24, 2.45) is 0 Å². The van der Waals surface area contributed by atoms with Crippen molar-refractivity contribution in [1.29, 1.82) is 0 Å². The van der Waals surface area contributed by atoms with E-state index in [9.17, 15) is 14.2 Å². The molecule has 0 heterocycles. The predicted octanol–water partition coefficient (Wildman–Crippen LogP) is 0.489. The van der Waals surface area contributed by atoms with Crippen LogP contribution in [0.2, 0.25) is 0 Å². The Labute approximate surface area is 98.7 Å². The van der Waals surface area contributed by atoms with Gasteiger partial charge >= 0.3 is 19.8 Å². The van der Waals surface area contributed by atoms with Crippen LogP contribution >= 0.6 is 7.75 Å². The maximum atomic E-state index is 11.5. The molecule has 0 rings (SSSR count). The fourth-order valence-electron chi connectivity index (χ4n) is 0.764. The highest BCUT2D eigenvalue weighted by atomic mass is 31.2. The van der Waals surface area contributed by atoms with Crippen LogP contribution in [0.15, 0.2) is 0 Å². The number of hydrogen-bond acceptors (Lipinski definition) is 5. The van der Waals surface area contributed by atoms with E-state index in [0.29, 0.717) is 0 Å². The van der Waals surface area contributed by atoms with Crippen molar-refractivity contribution in [1.82, 2.24) is 4.67 Å². The van der Waals surface area contributed by atoms with Gasteiger partial charge in [-0.3, -0.25) is 4.79 Å². The van der Waals surface area contributed by atoms with Crippen LogP contribution in [0.25, 0.3) is 0 Å². The van der Waals surface area contributed by atoms with Crippen LogP contribution in [0.1, 0.15) is 20.8 Å². The Morgan fingerprint density at radius 3 is 2.06 bits per heavy atom.